The highest BCUT2D eigenvalue weighted by Crippen LogP contribution is 2.30. The van der Waals surface area contributed by atoms with Crippen LogP contribution in [0.3, 0.4) is 0 Å². The van der Waals surface area contributed by atoms with E-state index in [1.54, 1.807) is 6.92 Å². The number of methoxy groups -OCH3 is 1. The van der Waals surface area contributed by atoms with E-state index in [0.717, 1.165) is 19.2 Å². The maximum Gasteiger partial charge on any atom is 0.339 e. The van der Waals surface area contributed by atoms with Gasteiger partial charge in [0.05, 0.1) is 13.7 Å². The van der Waals surface area contributed by atoms with Crippen LogP contribution in [0.2, 0.25) is 0 Å². The number of rotatable bonds is 4. The van der Waals surface area contributed by atoms with Crippen LogP contribution in [0.15, 0.2) is 12.1 Å². The molecule has 0 saturated heterocycles. The van der Waals surface area contributed by atoms with Gasteiger partial charge in [-0.15, -0.1) is 0 Å². The molecule has 1 aromatic rings. The highest BCUT2D eigenvalue weighted by atomic mass is 19.2. The molecule has 0 aliphatic heterocycles. The number of hydrogen-bond acceptors (Lipinski definition) is 4. The fourth-order valence-corrected chi connectivity index (χ4v) is 1.32. The highest BCUT2D eigenvalue weighted by molar-refractivity contribution is 5.77. The van der Waals surface area contributed by atoms with Crippen molar-refractivity contribution in [2.45, 2.75) is 13.0 Å². The summed E-state index contributed by atoms with van der Waals surface area (Å²) in [5, 5.41) is 9.60. The normalized spacial score (nSPS) is 12.1. The minimum absolute atomic E-state index is 0.0713. The first kappa shape index (κ1) is 13.4. The fraction of sp³-hybridized carbons (Fsp3) is 0.364. The van der Waals surface area contributed by atoms with Crippen molar-refractivity contribution in [1.29, 1.82) is 0 Å². The Hall–Kier alpha value is -1.69. The Kier molecular flexibility index (Phi) is 4.39. The van der Waals surface area contributed by atoms with Crippen LogP contribution >= 0.6 is 0 Å². The molecule has 1 N–H and O–H groups in total. The van der Waals surface area contributed by atoms with Crippen molar-refractivity contribution in [3.05, 3.63) is 29.3 Å². The third-order valence-electron chi connectivity index (χ3n) is 2.09. The molecule has 0 fully saturated rings. The van der Waals surface area contributed by atoms with E-state index in [4.69, 9.17) is 0 Å². The van der Waals surface area contributed by atoms with Crippen molar-refractivity contribution in [3.8, 4) is 5.75 Å². The zero-order valence-corrected chi connectivity index (χ0v) is 9.37. The van der Waals surface area contributed by atoms with Gasteiger partial charge in [0.15, 0.2) is 17.7 Å². The molecule has 1 atom stereocenters. The summed E-state index contributed by atoms with van der Waals surface area (Å²) in [6.45, 7) is 1.63. The lowest BCUT2D eigenvalue weighted by molar-refractivity contribution is -0.153. The molecular weight excluding hydrogens is 234 g/mol. The third-order valence-corrected chi connectivity index (χ3v) is 2.09. The zero-order chi connectivity index (χ0) is 13.0. The van der Waals surface area contributed by atoms with Gasteiger partial charge in [-0.1, -0.05) is 0 Å². The Labute approximate surface area is 96.8 Å². The summed E-state index contributed by atoms with van der Waals surface area (Å²) < 4.78 is 35.4. The van der Waals surface area contributed by atoms with Crippen molar-refractivity contribution in [2.24, 2.45) is 0 Å². The predicted octanol–water partition coefficient (Wildman–Crippen LogP) is 1.57. The Morgan fingerprint density at radius 3 is 2.65 bits per heavy atom. The first-order valence-electron chi connectivity index (χ1n) is 4.89. The Bertz CT molecular complexity index is 420. The van der Waals surface area contributed by atoms with Gasteiger partial charge in [-0.3, -0.25) is 0 Å². The first-order valence-corrected chi connectivity index (χ1v) is 4.89. The van der Waals surface area contributed by atoms with Crippen LogP contribution in [-0.2, 0) is 9.53 Å². The standard InChI is InChI=1S/C11H12F2O4/c1-3-17-11(15)9(14)6-4-5-7(12)8(13)10(6)16-2/h4-5,9,14H,3H2,1-2H3. The van der Waals surface area contributed by atoms with E-state index in [0.29, 0.717) is 0 Å². The summed E-state index contributed by atoms with van der Waals surface area (Å²) in [5.41, 5.74) is -0.176. The van der Waals surface area contributed by atoms with E-state index in [2.05, 4.69) is 9.47 Å². The van der Waals surface area contributed by atoms with E-state index in [1.807, 2.05) is 0 Å². The summed E-state index contributed by atoms with van der Waals surface area (Å²) in [4.78, 5) is 11.3. The molecule has 6 heteroatoms. The average molecular weight is 246 g/mol. The van der Waals surface area contributed by atoms with Gasteiger partial charge in [0.1, 0.15) is 0 Å². The van der Waals surface area contributed by atoms with E-state index < -0.39 is 29.5 Å². The molecule has 0 aromatic heterocycles. The van der Waals surface area contributed by atoms with E-state index in [-0.39, 0.29) is 12.2 Å². The number of ether oxygens (including phenoxy) is 2. The van der Waals surface area contributed by atoms with Crippen molar-refractivity contribution in [1.82, 2.24) is 0 Å². The van der Waals surface area contributed by atoms with Crippen molar-refractivity contribution in [2.75, 3.05) is 13.7 Å². The number of esters is 1. The van der Waals surface area contributed by atoms with Crippen LogP contribution < -0.4 is 4.74 Å². The Morgan fingerprint density at radius 2 is 2.12 bits per heavy atom. The summed E-state index contributed by atoms with van der Waals surface area (Å²) in [5.74, 6) is -3.84. The molecule has 0 aliphatic rings. The number of aliphatic hydroxyl groups excluding tert-OH is 1. The lowest BCUT2D eigenvalue weighted by atomic mass is 10.1. The lowest BCUT2D eigenvalue weighted by Crippen LogP contribution is -2.16. The number of halogens is 2. The van der Waals surface area contributed by atoms with Gasteiger partial charge in [0.25, 0.3) is 0 Å². The molecule has 1 unspecified atom stereocenters. The monoisotopic (exact) mass is 246 g/mol. The molecule has 0 aliphatic carbocycles. The minimum atomic E-state index is -1.71. The zero-order valence-electron chi connectivity index (χ0n) is 9.37. The molecule has 0 heterocycles. The minimum Gasteiger partial charge on any atom is -0.493 e. The maximum absolute atomic E-state index is 13.3. The quantitative estimate of drug-likeness (QED) is 0.819. The average Bonchev–Trinajstić information content (AvgIpc) is 2.31. The van der Waals surface area contributed by atoms with Gasteiger partial charge in [-0.2, -0.15) is 4.39 Å². The smallest absolute Gasteiger partial charge is 0.339 e. The maximum atomic E-state index is 13.3. The van der Waals surface area contributed by atoms with Crippen LogP contribution in [-0.4, -0.2) is 24.8 Å². The van der Waals surface area contributed by atoms with Crippen LogP contribution in [0, 0.1) is 11.6 Å². The summed E-state index contributed by atoms with van der Waals surface area (Å²) >= 11 is 0. The van der Waals surface area contributed by atoms with Crippen LogP contribution in [0.1, 0.15) is 18.6 Å². The topological polar surface area (TPSA) is 55.8 Å². The molecule has 1 rings (SSSR count). The highest BCUT2D eigenvalue weighted by Gasteiger charge is 2.25. The second-order valence-corrected chi connectivity index (χ2v) is 3.14. The largest absolute Gasteiger partial charge is 0.493 e. The molecule has 0 bridgehead atoms. The molecular formula is C11H12F2O4. The Balaban J connectivity index is 3.13. The number of benzene rings is 1. The second kappa shape index (κ2) is 5.58. The first-order chi connectivity index (χ1) is 8.02. The van der Waals surface area contributed by atoms with Crippen molar-refractivity contribution < 1.29 is 28.2 Å². The van der Waals surface area contributed by atoms with Crippen LogP contribution in [0.4, 0.5) is 8.78 Å². The predicted molar refractivity (Wildman–Crippen MR) is 54.5 cm³/mol. The summed E-state index contributed by atoms with van der Waals surface area (Å²) in [6, 6.07) is 1.87. The Morgan fingerprint density at radius 1 is 1.47 bits per heavy atom. The van der Waals surface area contributed by atoms with E-state index >= 15 is 0 Å². The molecule has 17 heavy (non-hydrogen) atoms. The van der Waals surface area contributed by atoms with Gasteiger partial charge in [-0.25, -0.2) is 9.18 Å². The van der Waals surface area contributed by atoms with Crippen molar-refractivity contribution in [3.63, 3.8) is 0 Å². The van der Waals surface area contributed by atoms with Crippen molar-refractivity contribution >= 4 is 5.97 Å². The van der Waals surface area contributed by atoms with Gasteiger partial charge in [0.2, 0.25) is 5.82 Å². The molecule has 0 saturated carbocycles. The molecule has 0 amide bonds. The number of carbonyl (C=O) groups excluding carboxylic acids is 1. The number of carbonyl (C=O) groups is 1. The molecule has 94 valence electrons. The molecule has 0 spiro atoms. The van der Waals surface area contributed by atoms with Crippen LogP contribution in [0.5, 0.6) is 5.75 Å². The lowest BCUT2D eigenvalue weighted by Gasteiger charge is -2.14. The number of aliphatic hydroxyl groups is 1. The van der Waals surface area contributed by atoms with Gasteiger partial charge in [-0.05, 0) is 19.1 Å². The van der Waals surface area contributed by atoms with E-state index in [1.165, 1.54) is 0 Å². The SMILES string of the molecule is CCOC(=O)C(O)c1ccc(F)c(F)c1OC. The van der Waals surface area contributed by atoms with Crippen LogP contribution in [0.25, 0.3) is 0 Å². The summed E-state index contributed by atoms with van der Waals surface area (Å²) in [6.07, 6.45) is -1.71. The van der Waals surface area contributed by atoms with Gasteiger partial charge >= 0.3 is 5.97 Å². The molecule has 0 radical (unpaired) electrons. The molecule has 1 aromatic carbocycles. The van der Waals surface area contributed by atoms with E-state index in [9.17, 15) is 18.7 Å². The fourth-order valence-electron chi connectivity index (χ4n) is 1.32. The van der Waals surface area contributed by atoms with Gasteiger partial charge < -0.3 is 14.6 Å². The van der Waals surface area contributed by atoms with Gasteiger partial charge in [0, 0.05) is 5.56 Å². The summed E-state index contributed by atoms with van der Waals surface area (Å²) in [7, 11) is 1.11. The third kappa shape index (κ3) is 2.71. The molecule has 4 nitrogen and oxygen atoms in total. The number of hydrogen-bond donors (Lipinski definition) is 1. The second-order valence-electron chi connectivity index (χ2n) is 3.14.